The fourth-order valence-corrected chi connectivity index (χ4v) is 3.77. The highest BCUT2D eigenvalue weighted by Crippen LogP contribution is 2.30. The Morgan fingerprint density at radius 1 is 1.12 bits per heavy atom. The lowest BCUT2D eigenvalue weighted by molar-refractivity contribution is -0.121. The van der Waals surface area contributed by atoms with E-state index in [9.17, 15) is 9.59 Å². The van der Waals surface area contributed by atoms with Crippen molar-refractivity contribution in [3.8, 4) is 0 Å². The van der Waals surface area contributed by atoms with Crippen LogP contribution < -0.4 is 11.1 Å². The Morgan fingerprint density at radius 2 is 1.76 bits per heavy atom. The maximum Gasteiger partial charge on any atom is 0.238 e. The van der Waals surface area contributed by atoms with Crippen molar-refractivity contribution in [2.75, 3.05) is 25.0 Å². The summed E-state index contributed by atoms with van der Waals surface area (Å²) in [5.41, 5.74) is 5.71. The lowest BCUT2D eigenvalue weighted by Crippen LogP contribution is -2.40. The van der Waals surface area contributed by atoms with Crippen LogP contribution in [0.1, 0.15) is 38.5 Å². The van der Waals surface area contributed by atoms with Crippen LogP contribution in [0.3, 0.4) is 0 Å². The van der Waals surface area contributed by atoms with Crippen molar-refractivity contribution >= 4 is 40.7 Å². The van der Waals surface area contributed by atoms with E-state index in [-0.39, 0.29) is 19.0 Å². The monoisotopic (exact) mass is 385 g/mol. The van der Waals surface area contributed by atoms with Crippen molar-refractivity contribution in [3.63, 3.8) is 0 Å². The third kappa shape index (κ3) is 6.84. The first-order chi connectivity index (χ1) is 12.0. The zero-order chi connectivity index (χ0) is 18.2. The summed E-state index contributed by atoms with van der Waals surface area (Å²) in [6, 6.07) is 5.03. The number of halogens is 2. The normalized spacial score (nSPS) is 15.3. The molecular weight excluding hydrogens is 361 g/mol. The van der Waals surface area contributed by atoms with Gasteiger partial charge < -0.3 is 11.1 Å². The Balaban J connectivity index is 1.91. The van der Waals surface area contributed by atoms with Crippen LogP contribution in [0, 0.1) is 5.92 Å². The van der Waals surface area contributed by atoms with Crippen LogP contribution in [0.4, 0.5) is 5.69 Å². The Kier molecular flexibility index (Phi) is 8.00. The van der Waals surface area contributed by atoms with Crippen molar-refractivity contribution in [1.29, 1.82) is 0 Å². The first-order valence-electron chi connectivity index (χ1n) is 8.70. The molecule has 0 heterocycles. The molecule has 1 aliphatic rings. The summed E-state index contributed by atoms with van der Waals surface area (Å²) in [6.07, 6.45) is 7.28. The van der Waals surface area contributed by atoms with Crippen LogP contribution in [-0.4, -0.2) is 36.3 Å². The topological polar surface area (TPSA) is 75.4 Å². The number of hydrogen-bond acceptors (Lipinski definition) is 3. The highest BCUT2D eigenvalue weighted by molar-refractivity contribution is 6.39. The molecule has 0 aliphatic heterocycles. The Morgan fingerprint density at radius 3 is 2.36 bits per heavy atom. The van der Waals surface area contributed by atoms with Gasteiger partial charge in [-0.1, -0.05) is 61.4 Å². The van der Waals surface area contributed by atoms with Gasteiger partial charge in [0.25, 0.3) is 0 Å². The molecule has 3 N–H and O–H groups in total. The number of hydrogen-bond donors (Lipinski definition) is 2. The fraction of sp³-hybridized carbons (Fsp3) is 0.556. The lowest BCUT2D eigenvalue weighted by Gasteiger charge is -2.26. The number of carbonyl (C=O) groups excluding carboxylic acids is 2. The van der Waals surface area contributed by atoms with Crippen molar-refractivity contribution in [1.82, 2.24) is 4.90 Å². The predicted octanol–water partition coefficient (Wildman–Crippen LogP) is 3.69. The van der Waals surface area contributed by atoms with Gasteiger partial charge in [0.15, 0.2) is 0 Å². The zero-order valence-corrected chi connectivity index (χ0v) is 15.8. The molecule has 0 spiro atoms. The summed E-state index contributed by atoms with van der Waals surface area (Å²) in [5.74, 6) is -0.0303. The summed E-state index contributed by atoms with van der Waals surface area (Å²) in [4.78, 5) is 25.4. The van der Waals surface area contributed by atoms with E-state index in [2.05, 4.69) is 5.32 Å². The highest BCUT2D eigenvalue weighted by Gasteiger charge is 2.19. The van der Waals surface area contributed by atoms with Crippen LogP contribution in [-0.2, 0) is 9.59 Å². The molecular formula is C18H25Cl2N3O2. The highest BCUT2D eigenvalue weighted by atomic mass is 35.5. The quantitative estimate of drug-likeness (QED) is 0.716. The van der Waals surface area contributed by atoms with Crippen LogP contribution in [0.25, 0.3) is 0 Å². The van der Waals surface area contributed by atoms with E-state index in [4.69, 9.17) is 28.9 Å². The van der Waals surface area contributed by atoms with E-state index in [1.54, 1.807) is 23.1 Å². The number of benzene rings is 1. The summed E-state index contributed by atoms with van der Waals surface area (Å²) in [6.45, 7) is 0.824. The Bertz CT molecular complexity index is 584. The first kappa shape index (κ1) is 20.0. The van der Waals surface area contributed by atoms with Crippen LogP contribution in [0.2, 0.25) is 10.0 Å². The number of primary amides is 1. The first-order valence-corrected chi connectivity index (χ1v) is 9.46. The van der Waals surface area contributed by atoms with Gasteiger partial charge in [-0.3, -0.25) is 14.5 Å². The largest absolute Gasteiger partial charge is 0.369 e. The molecule has 0 bridgehead atoms. The number of amides is 2. The van der Waals surface area contributed by atoms with Gasteiger partial charge in [0.05, 0.1) is 28.8 Å². The number of anilines is 1. The number of nitrogens with zero attached hydrogens (tertiary/aromatic N) is 1. The molecule has 138 valence electrons. The molecule has 25 heavy (non-hydrogen) atoms. The third-order valence-corrected chi connectivity index (χ3v) is 5.18. The maximum absolute atomic E-state index is 12.3. The molecule has 0 unspecified atom stereocenters. The number of nitrogens with two attached hydrogens (primary N) is 1. The summed E-state index contributed by atoms with van der Waals surface area (Å²) >= 11 is 12.1. The van der Waals surface area contributed by atoms with E-state index in [1.165, 1.54) is 32.1 Å². The minimum Gasteiger partial charge on any atom is -0.369 e. The van der Waals surface area contributed by atoms with E-state index < -0.39 is 5.91 Å². The lowest BCUT2D eigenvalue weighted by atomic mass is 9.87. The van der Waals surface area contributed by atoms with Gasteiger partial charge in [-0.2, -0.15) is 0 Å². The second-order valence-corrected chi connectivity index (χ2v) is 7.43. The molecule has 5 nitrogen and oxygen atoms in total. The summed E-state index contributed by atoms with van der Waals surface area (Å²) in [5, 5.41) is 3.48. The fourth-order valence-electron chi connectivity index (χ4n) is 3.27. The number of carbonyl (C=O) groups is 2. The smallest absolute Gasteiger partial charge is 0.238 e. The van der Waals surface area contributed by atoms with Gasteiger partial charge in [-0.15, -0.1) is 0 Å². The molecule has 1 aliphatic carbocycles. The summed E-state index contributed by atoms with van der Waals surface area (Å²) < 4.78 is 0. The second-order valence-electron chi connectivity index (χ2n) is 6.61. The molecule has 0 atom stereocenters. The molecule has 2 rings (SSSR count). The van der Waals surface area contributed by atoms with Crippen molar-refractivity contribution in [2.24, 2.45) is 11.7 Å². The maximum atomic E-state index is 12.3. The number of nitrogens with one attached hydrogen (secondary N) is 1. The molecule has 1 aromatic carbocycles. The van der Waals surface area contributed by atoms with Crippen molar-refractivity contribution in [3.05, 3.63) is 28.2 Å². The molecule has 2 amide bonds. The SMILES string of the molecule is NC(=O)CN(CCC1CCCCC1)CC(=O)Nc1c(Cl)cccc1Cl. The van der Waals surface area contributed by atoms with Gasteiger partial charge in [0.1, 0.15) is 0 Å². The Labute approximate surface area is 158 Å². The molecule has 0 saturated heterocycles. The van der Waals surface area contributed by atoms with E-state index in [0.29, 0.717) is 28.2 Å². The van der Waals surface area contributed by atoms with Gasteiger partial charge in [0.2, 0.25) is 11.8 Å². The average Bonchev–Trinajstić information content (AvgIpc) is 2.56. The number of para-hydroxylation sites is 1. The second kappa shape index (κ2) is 10.00. The Hall–Kier alpha value is -1.30. The molecule has 0 radical (unpaired) electrons. The van der Waals surface area contributed by atoms with Gasteiger partial charge in [0, 0.05) is 0 Å². The van der Waals surface area contributed by atoms with E-state index >= 15 is 0 Å². The van der Waals surface area contributed by atoms with Crippen LogP contribution >= 0.6 is 23.2 Å². The van der Waals surface area contributed by atoms with E-state index in [1.807, 2.05) is 0 Å². The average molecular weight is 386 g/mol. The minimum atomic E-state index is -0.438. The number of rotatable bonds is 8. The van der Waals surface area contributed by atoms with Crippen molar-refractivity contribution in [2.45, 2.75) is 38.5 Å². The third-order valence-electron chi connectivity index (χ3n) is 4.55. The molecule has 1 saturated carbocycles. The molecule has 0 aromatic heterocycles. The van der Waals surface area contributed by atoms with Gasteiger partial charge >= 0.3 is 0 Å². The van der Waals surface area contributed by atoms with Crippen molar-refractivity contribution < 1.29 is 9.59 Å². The predicted molar refractivity (Wildman–Crippen MR) is 102 cm³/mol. The van der Waals surface area contributed by atoms with Crippen LogP contribution in [0.15, 0.2) is 18.2 Å². The molecule has 7 heteroatoms. The standard InChI is InChI=1S/C18H25Cl2N3O2/c19-14-7-4-8-15(20)18(14)22-17(25)12-23(11-16(21)24)10-9-13-5-2-1-3-6-13/h4,7-8,13H,1-3,5-6,9-12H2,(H2,21,24)(H,22,25). The molecule has 1 fully saturated rings. The summed E-state index contributed by atoms with van der Waals surface area (Å²) in [7, 11) is 0. The van der Waals surface area contributed by atoms with Gasteiger partial charge in [-0.05, 0) is 31.0 Å². The zero-order valence-electron chi connectivity index (χ0n) is 14.3. The minimum absolute atomic E-state index is 0.0659. The molecule has 1 aromatic rings. The van der Waals surface area contributed by atoms with E-state index in [0.717, 1.165) is 6.42 Å². The van der Waals surface area contributed by atoms with Gasteiger partial charge in [-0.25, -0.2) is 0 Å². The van der Waals surface area contributed by atoms with Crippen LogP contribution in [0.5, 0.6) is 0 Å².